The Morgan fingerprint density at radius 2 is 1.12 bits per heavy atom. The summed E-state index contributed by atoms with van der Waals surface area (Å²) in [6, 6.07) is 39.5. The summed E-state index contributed by atoms with van der Waals surface area (Å²) in [6.07, 6.45) is 0.0429. The molecule has 0 spiro atoms. The summed E-state index contributed by atoms with van der Waals surface area (Å²) >= 11 is 0. The minimum absolute atomic E-state index is 0. The van der Waals surface area contributed by atoms with Crippen LogP contribution in [0.3, 0.4) is 0 Å². The van der Waals surface area contributed by atoms with Crippen LogP contribution in [0.1, 0.15) is 48.7 Å². The Balaban J connectivity index is 0.00000451. The Morgan fingerprint density at radius 3 is 1.54 bits per heavy atom. The van der Waals surface area contributed by atoms with Crippen LogP contribution >= 0.6 is 0 Å². The first-order chi connectivity index (χ1) is 22.8. The van der Waals surface area contributed by atoms with Crippen LogP contribution in [0.2, 0.25) is 0 Å². The van der Waals surface area contributed by atoms with E-state index in [9.17, 15) is 15.1 Å². The molecule has 0 unspecified atom stereocenters. The number of nitrogens with zero attached hydrogens (tertiary/aromatic N) is 3. The first kappa shape index (κ1) is 34.6. The van der Waals surface area contributed by atoms with E-state index in [1.807, 2.05) is 135 Å². The zero-order valence-corrected chi connectivity index (χ0v) is 26.2. The Hall–Kier alpha value is -4.76. The predicted molar refractivity (Wildman–Crippen MR) is 189 cm³/mol. The second-order valence-electron chi connectivity index (χ2n) is 12.2. The first-order valence-electron chi connectivity index (χ1n) is 15.4. The van der Waals surface area contributed by atoms with Gasteiger partial charge in [0.05, 0.1) is 22.4 Å². The van der Waals surface area contributed by atoms with Crippen molar-refractivity contribution in [2.24, 2.45) is 10.6 Å². The van der Waals surface area contributed by atoms with Gasteiger partial charge in [0.1, 0.15) is 24.7 Å². The van der Waals surface area contributed by atoms with Crippen LogP contribution in [0.5, 0.6) is 11.5 Å². The second kappa shape index (κ2) is 15.4. The third-order valence-corrected chi connectivity index (χ3v) is 8.28. The van der Waals surface area contributed by atoms with Crippen molar-refractivity contribution in [1.29, 1.82) is 0 Å². The van der Waals surface area contributed by atoms with Gasteiger partial charge in [-0.25, -0.2) is 14.8 Å². The van der Waals surface area contributed by atoms with E-state index in [1.165, 1.54) is 0 Å². The van der Waals surface area contributed by atoms with Gasteiger partial charge in [0, 0.05) is 23.1 Å². The fourth-order valence-electron chi connectivity index (χ4n) is 5.99. The molecule has 2 N–H and O–H groups in total. The summed E-state index contributed by atoms with van der Waals surface area (Å²) in [4.78, 5) is 21.2. The van der Waals surface area contributed by atoms with Crippen LogP contribution in [0.25, 0.3) is 21.8 Å². The number of hydrogen-bond acceptors (Lipinski definition) is 7. The quantitative estimate of drug-likeness (QED) is 0.0603. The topological polar surface area (TPSA) is 114 Å². The molecule has 0 radical (unpaired) electrons. The summed E-state index contributed by atoms with van der Waals surface area (Å²) in [5, 5.41) is 24.3. The zero-order valence-electron chi connectivity index (χ0n) is 26.2. The molecule has 0 aliphatic rings. The van der Waals surface area contributed by atoms with Gasteiger partial charge in [-0.1, -0.05) is 91.8 Å². The standard InChI is InChI=1S/C39H35N3O5.Na.H/c1-39(2,23-36(42-45)38(43)44)37(28-13-19-32(20-14-28)46-24-30-17-11-26-7-3-5-9-34(26)40-30)29-15-21-33(22-16-29)47-25-31-18-12-27-8-4-6-10-35(27)41-31;;/h3-22,37,45H,23-25H2,1-2H3,(H,43,44);;. The minimum atomic E-state index is -1.25. The summed E-state index contributed by atoms with van der Waals surface area (Å²) < 4.78 is 12.1. The fraction of sp³-hybridized carbons (Fsp3) is 0.179. The van der Waals surface area contributed by atoms with Crippen LogP contribution in [0, 0.1) is 5.41 Å². The molecule has 4 aromatic carbocycles. The van der Waals surface area contributed by atoms with Crippen LogP contribution in [0.15, 0.2) is 126 Å². The van der Waals surface area contributed by atoms with E-state index in [4.69, 9.17) is 9.47 Å². The van der Waals surface area contributed by atoms with Crippen LogP contribution < -0.4 is 9.47 Å². The molecule has 0 bridgehead atoms. The molecule has 0 fully saturated rings. The molecule has 6 rings (SSSR count). The van der Waals surface area contributed by atoms with Gasteiger partial charge in [-0.05, 0) is 65.1 Å². The van der Waals surface area contributed by atoms with E-state index in [2.05, 4.69) is 15.1 Å². The molecule has 0 atom stereocenters. The molecular weight excluding hydrogens is 613 g/mol. The zero-order chi connectivity index (χ0) is 32.8. The third-order valence-electron chi connectivity index (χ3n) is 8.28. The van der Waals surface area contributed by atoms with E-state index in [-0.39, 0.29) is 47.6 Å². The average Bonchev–Trinajstić information content (AvgIpc) is 3.09. The van der Waals surface area contributed by atoms with Gasteiger partial charge in [0.15, 0.2) is 5.71 Å². The van der Waals surface area contributed by atoms with Crippen LogP contribution in [-0.2, 0) is 18.0 Å². The number of aromatic nitrogens is 2. The number of aliphatic carboxylic acids is 1. The number of carboxylic acids is 1. The van der Waals surface area contributed by atoms with Crippen molar-refractivity contribution >= 4 is 63.0 Å². The van der Waals surface area contributed by atoms with E-state index >= 15 is 0 Å². The van der Waals surface area contributed by atoms with Crippen molar-refractivity contribution in [2.45, 2.75) is 39.4 Å². The molecule has 0 aliphatic heterocycles. The molecule has 2 heterocycles. The summed E-state index contributed by atoms with van der Waals surface area (Å²) in [5.74, 6) is -0.119. The molecule has 0 saturated heterocycles. The number of benzene rings is 4. The Bertz CT molecular complexity index is 1920. The summed E-state index contributed by atoms with van der Waals surface area (Å²) in [6.45, 7) is 4.59. The molecule has 0 amide bonds. The van der Waals surface area contributed by atoms with Gasteiger partial charge in [-0.2, -0.15) is 0 Å². The SMILES string of the molecule is CC(C)(CC(=NO)C(=O)O)C(c1ccc(OCc2ccc3ccccc3n2)cc1)c1ccc(OCc2ccc3ccccc3n2)cc1.[NaH]. The maximum atomic E-state index is 11.8. The van der Waals surface area contributed by atoms with Crippen molar-refractivity contribution in [3.05, 3.63) is 144 Å². The molecule has 2 aromatic heterocycles. The van der Waals surface area contributed by atoms with Gasteiger partial charge in [-0.3, -0.25) is 0 Å². The third kappa shape index (κ3) is 8.20. The number of oxime groups is 1. The molecule has 6 aromatic rings. The van der Waals surface area contributed by atoms with Crippen molar-refractivity contribution in [3.63, 3.8) is 0 Å². The van der Waals surface area contributed by atoms with Crippen molar-refractivity contribution < 1.29 is 24.6 Å². The normalized spacial score (nSPS) is 11.8. The monoisotopic (exact) mass is 649 g/mol. The Morgan fingerprint density at radius 1 is 0.688 bits per heavy atom. The van der Waals surface area contributed by atoms with Crippen molar-refractivity contribution in [3.8, 4) is 11.5 Å². The van der Waals surface area contributed by atoms with E-state index in [0.717, 1.165) is 44.3 Å². The second-order valence-corrected chi connectivity index (χ2v) is 12.2. The van der Waals surface area contributed by atoms with Crippen molar-refractivity contribution in [1.82, 2.24) is 9.97 Å². The fourth-order valence-corrected chi connectivity index (χ4v) is 5.99. The number of rotatable bonds is 12. The maximum absolute atomic E-state index is 11.8. The number of ether oxygens (including phenoxy) is 2. The molecule has 8 nitrogen and oxygen atoms in total. The van der Waals surface area contributed by atoms with Gasteiger partial charge in [-0.15, -0.1) is 0 Å². The van der Waals surface area contributed by atoms with E-state index in [1.54, 1.807) is 0 Å². The number of fused-ring (bicyclic) bond motifs is 2. The van der Waals surface area contributed by atoms with Gasteiger partial charge < -0.3 is 19.8 Å². The number of hydrogen-bond donors (Lipinski definition) is 2. The van der Waals surface area contributed by atoms with Gasteiger partial charge in [0.2, 0.25) is 0 Å². The van der Waals surface area contributed by atoms with Crippen LogP contribution in [0.4, 0.5) is 0 Å². The van der Waals surface area contributed by atoms with Crippen molar-refractivity contribution in [2.75, 3.05) is 0 Å². The molecule has 48 heavy (non-hydrogen) atoms. The molecule has 9 heteroatoms. The molecular formula is C39H36N3NaO5. The number of carboxylic acid groups (broad SMARTS) is 1. The van der Waals surface area contributed by atoms with Gasteiger partial charge >= 0.3 is 35.5 Å². The molecule has 0 aliphatic carbocycles. The van der Waals surface area contributed by atoms with E-state index < -0.39 is 11.4 Å². The number of carbonyl (C=O) groups is 1. The number of para-hydroxylation sites is 2. The summed E-state index contributed by atoms with van der Waals surface area (Å²) in [7, 11) is 0. The van der Waals surface area contributed by atoms with Crippen LogP contribution in [-0.4, -0.2) is 61.5 Å². The average molecular weight is 650 g/mol. The predicted octanol–water partition coefficient (Wildman–Crippen LogP) is 7.76. The number of pyridine rings is 2. The molecule has 238 valence electrons. The van der Waals surface area contributed by atoms with Gasteiger partial charge in [0.25, 0.3) is 0 Å². The van der Waals surface area contributed by atoms with E-state index in [0.29, 0.717) is 24.7 Å². The molecule has 0 saturated carbocycles. The summed E-state index contributed by atoms with van der Waals surface area (Å²) in [5.41, 5.74) is 4.47. The Kier molecular flexibility index (Phi) is 11.1. The Labute approximate surface area is 301 Å². The first-order valence-corrected chi connectivity index (χ1v) is 15.4.